The summed E-state index contributed by atoms with van der Waals surface area (Å²) in [7, 11) is -4.55. The second kappa shape index (κ2) is 4.62. The van der Waals surface area contributed by atoms with Crippen LogP contribution in [0.1, 0.15) is 5.69 Å². The molecule has 106 valence electrons. The number of sulfonamides is 1. The number of ether oxygens (including phenoxy) is 1. The van der Waals surface area contributed by atoms with Crippen LogP contribution in [0, 0.1) is 17.0 Å². The van der Waals surface area contributed by atoms with E-state index in [9.17, 15) is 31.7 Å². The summed E-state index contributed by atoms with van der Waals surface area (Å²) in [5.41, 5.74) is -1.71. The van der Waals surface area contributed by atoms with E-state index in [1.165, 1.54) is 0 Å². The van der Waals surface area contributed by atoms with Crippen LogP contribution in [0.3, 0.4) is 0 Å². The van der Waals surface area contributed by atoms with E-state index in [2.05, 4.69) is 14.9 Å². The zero-order chi connectivity index (χ0) is 15.0. The van der Waals surface area contributed by atoms with Gasteiger partial charge in [0, 0.05) is 0 Å². The molecule has 1 aromatic rings. The molecular weight excluding hydrogens is 295 g/mol. The first-order valence-corrected chi connectivity index (χ1v) is 5.91. The molecule has 0 aliphatic heterocycles. The number of aromatic nitrogens is 1. The number of hydrogen-bond donors (Lipinski definition) is 1. The lowest BCUT2D eigenvalue weighted by Gasteiger charge is -2.11. The molecule has 8 nitrogen and oxygen atoms in total. The maximum absolute atomic E-state index is 12.0. The number of pyridine rings is 1. The van der Waals surface area contributed by atoms with Crippen molar-refractivity contribution < 1.29 is 31.2 Å². The number of nitro groups is 1. The highest BCUT2D eigenvalue weighted by atomic mass is 32.2. The predicted octanol–water partition coefficient (Wildman–Crippen LogP) is 0.844. The predicted molar refractivity (Wildman–Crippen MR) is 53.7 cm³/mol. The highest BCUT2D eigenvalue weighted by molar-refractivity contribution is 7.89. The van der Waals surface area contributed by atoms with E-state index >= 15 is 0 Å². The van der Waals surface area contributed by atoms with Crippen LogP contribution >= 0.6 is 0 Å². The molecule has 0 aliphatic rings. The standard InChI is InChI=1S/C7H6F3N3O5S/c1-3-5(18-7(8,9)10)2-4(13(14)15)6(12-3)19(11,16)17/h2H,1H3,(H2,11,16,17). The minimum atomic E-state index is -5.09. The second-order valence-corrected chi connectivity index (χ2v) is 4.72. The van der Waals surface area contributed by atoms with Gasteiger partial charge in [0.05, 0.1) is 16.7 Å². The molecule has 0 atom stereocenters. The SMILES string of the molecule is Cc1nc(S(N)(=O)=O)c([N+](=O)[O-])cc1OC(F)(F)F. The Labute approximate surface area is 104 Å². The van der Waals surface area contributed by atoms with Crippen molar-refractivity contribution in [3.63, 3.8) is 0 Å². The average molecular weight is 301 g/mol. The van der Waals surface area contributed by atoms with Crippen molar-refractivity contribution in [3.05, 3.63) is 21.9 Å². The van der Waals surface area contributed by atoms with Crippen molar-refractivity contribution in [2.45, 2.75) is 18.3 Å². The van der Waals surface area contributed by atoms with E-state index in [0.717, 1.165) is 6.92 Å². The van der Waals surface area contributed by atoms with Gasteiger partial charge < -0.3 is 4.74 Å². The van der Waals surface area contributed by atoms with Crippen molar-refractivity contribution in [3.8, 4) is 5.75 Å². The van der Waals surface area contributed by atoms with Crippen molar-refractivity contribution in [2.75, 3.05) is 0 Å². The molecule has 0 unspecified atom stereocenters. The van der Waals surface area contributed by atoms with Crippen LogP contribution in [0.25, 0.3) is 0 Å². The largest absolute Gasteiger partial charge is 0.573 e. The molecule has 0 spiro atoms. The minimum Gasteiger partial charge on any atom is -0.404 e. The molecule has 0 fully saturated rings. The molecule has 0 aliphatic carbocycles. The molecule has 19 heavy (non-hydrogen) atoms. The van der Waals surface area contributed by atoms with Crippen LogP contribution in [0.2, 0.25) is 0 Å². The molecule has 0 amide bonds. The fraction of sp³-hybridized carbons (Fsp3) is 0.286. The third-order valence-corrected chi connectivity index (χ3v) is 2.64. The molecule has 1 rings (SSSR count). The zero-order valence-electron chi connectivity index (χ0n) is 9.13. The summed E-state index contributed by atoms with van der Waals surface area (Å²) in [6.45, 7) is 0.986. The monoisotopic (exact) mass is 301 g/mol. The van der Waals surface area contributed by atoms with E-state index in [0.29, 0.717) is 6.07 Å². The molecular formula is C7H6F3N3O5S. The highest BCUT2D eigenvalue weighted by Gasteiger charge is 2.35. The van der Waals surface area contributed by atoms with Gasteiger partial charge in [0.2, 0.25) is 5.03 Å². The summed E-state index contributed by atoms with van der Waals surface area (Å²) >= 11 is 0. The van der Waals surface area contributed by atoms with Crippen LogP contribution < -0.4 is 9.88 Å². The minimum absolute atomic E-state index is 0.301. The molecule has 0 bridgehead atoms. The van der Waals surface area contributed by atoms with Crippen LogP contribution in [0.4, 0.5) is 18.9 Å². The second-order valence-electron chi connectivity index (χ2n) is 3.25. The third kappa shape index (κ3) is 3.75. The van der Waals surface area contributed by atoms with Gasteiger partial charge in [-0.25, -0.2) is 18.5 Å². The van der Waals surface area contributed by atoms with Gasteiger partial charge in [-0.15, -0.1) is 13.2 Å². The van der Waals surface area contributed by atoms with Gasteiger partial charge >= 0.3 is 12.0 Å². The van der Waals surface area contributed by atoms with Gasteiger partial charge in [-0.2, -0.15) is 0 Å². The Bertz CT molecular complexity index is 628. The number of rotatable bonds is 3. The maximum Gasteiger partial charge on any atom is 0.573 e. The molecule has 0 saturated carbocycles. The van der Waals surface area contributed by atoms with Crippen molar-refractivity contribution in [2.24, 2.45) is 5.14 Å². The Balaban J connectivity index is 3.50. The Morgan fingerprint density at radius 3 is 2.37 bits per heavy atom. The lowest BCUT2D eigenvalue weighted by atomic mass is 10.3. The topological polar surface area (TPSA) is 125 Å². The highest BCUT2D eigenvalue weighted by Crippen LogP contribution is 2.31. The van der Waals surface area contributed by atoms with Crippen molar-refractivity contribution >= 4 is 15.7 Å². The molecule has 12 heteroatoms. The smallest absolute Gasteiger partial charge is 0.404 e. The number of primary sulfonamides is 1. The van der Waals surface area contributed by atoms with Gasteiger partial charge in [-0.3, -0.25) is 10.1 Å². The fourth-order valence-electron chi connectivity index (χ4n) is 1.12. The molecule has 0 saturated heterocycles. The van der Waals surface area contributed by atoms with Crippen LogP contribution in [0.15, 0.2) is 11.1 Å². The Morgan fingerprint density at radius 2 is 2.00 bits per heavy atom. The number of halogens is 3. The van der Waals surface area contributed by atoms with Crippen molar-refractivity contribution in [1.82, 2.24) is 4.98 Å². The summed E-state index contributed by atoms with van der Waals surface area (Å²) in [6, 6.07) is 0.301. The summed E-state index contributed by atoms with van der Waals surface area (Å²) in [5.74, 6) is -0.980. The van der Waals surface area contributed by atoms with Gasteiger partial charge in [-0.05, 0) is 6.92 Å². The Morgan fingerprint density at radius 1 is 1.47 bits per heavy atom. The average Bonchev–Trinajstić information content (AvgIpc) is 2.16. The molecule has 2 N–H and O–H groups in total. The summed E-state index contributed by atoms with van der Waals surface area (Å²) in [6.07, 6.45) is -5.09. The quantitative estimate of drug-likeness (QED) is 0.651. The maximum atomic E-state index is 12.0. The molecule has 1 heterocycles. The first-order valence-electron chi connectivity index (χ1n) is 4.36. The van der Waals surface area contributed by atoms with Crippen LogP contribution in [0.5, 0.6) is 5.75 Å². The van der Waals surface area contributed by atoms with Gasteiger partial charge in [0.15, 0.2) is 5.75 Å². The Hall–Kier alpha value is -1.95. The van der Waals surface area contributed by atoms with E-state index in [-0.39, 0.29) is 0 Å². The number of hydrogen-bond acceptors (Lipinski definition) is 6. The zero-order valence-corrected chi connectivity index (χ0v) is 9.95. The molecule has 0 radical (unpaired) electrons. The van der Waals surface area contributed by atoms with E-state index in [1.807, 2.05) is 0 Å². The Kier molecular flexibility index (Phi) is 3.67. The van der Waals surface area contributed by atoms with E-state index < -0.39 is 43.5 Å². The van der Waals surface area contributed by atoms with Gasteiger partial charge in [-0.1, -0.05) is 0 Å². The van der Waals surface area contributed by atoms with Crippen molar-refractivity contribution in [1.29, 1.82) is 0 Å². The number of alkyl halides is 3. The lowest BCUT2D eigenvalue weighted by molar-refractivity contribution is -0.388. The summed E-state index contributed by atoms with van der Waals surface area (Å²) < 4.78 is 61.7. The first kappa shape index (κ1) is 15.1. The van der Waals surface area contributed by atoms with Crippen LogP contribution in [-0.2, 0) is 10.0 Å². The lowest BCUT2D eigenvalue weighted by Crippen LogP contribution is -2.20. The molecule has 1 aromatic heterocycles. The van der Waals surface area contributed by atoms with Gasteiger partial charge in [0.25, 0.3) is 10.0 Å². The van der Waals surface area contributed by atoms with E-state index in [4.69, 9.17) is 0 Å². The van der Waals surface area contributed by atoms with E-state index in [1.54, 1.807) is 0 Å². The number of nitrogens with zero attached hydrogens (tertiary/aromatic N) is 2. The fourth-order valence-corrected chi connectivity index (χ4v) is 1.81. The van der Waals surface area contributed by atoms with Gasteiger partial charge in [0.1, 0.15) is 0 Å². The number of aryl methyl sites for hydroxylation is 1. The number of nitrogens with two attached hydrogens (primary N) is 1. The molecule has 0 aromatic carbocycles. The van der Waals surface area contributed by atoms with Crippen LogP contribution in [-0.4, -0.2) is 24.7 Å². The normalized spacial score (nSPS) is 12.3. The first-order chi connectivity index (χ1) is 8.42. The summed E-state index contributed by atoms with van der Waals surface area (Å²) in [5, 5.41) is 14.2. The third-order valence-electron chi connectivity index (χ3n) is 1.80. The summed E-state index contributed by atoms with van der Waals surface area (Å²) in [4.78, 5) is 12.5.